The van der Waals surface area contributed by atoms with Crippen molar-refractivity contribution in [3.05, 3.63) is 97.3 Å². The van der Waals surface area contributed by atoms with E-state index in [0.29, 0.717) is 15.9 Å². The minimum Gasteiger partial charge on any atom is -0.298 e. The Morgan fingerprint density at radius 1 is 1.03 bits per heavy atom. The maximum atomic E-state index is 13.2. The zero-order valence-corrected chi connectivity index (χ0v) is 16.3. The van der Waals surface area contributed by atoms with Crippen LogP contribution in [0.4, 0.5) is 4.39 Å². The van der Waals surface area contributed by atoms with Gasteiger partial charge < -0.3 is 0 Å². The molecule has 4 aromatic rings. The van der Waals surface area contributed by atoms with Crippen LogP contribution in [0.3, 0.4) is 0 Å². The van der Waals surface area contributed by atoms with E-state index < -0.39 is 11.5 Å². The van der Waals surface area contributed by atoms with Crippen molar-refractivity contribution in [2.24, 2.45) is 0 Å². The minimum atomic E-state index is -0.506. The Balaban J connectivity index is 1.55. The molecular weight excluding hydrogens is 389 g/mol. The molecule has 0 aliphatic carbocycles. The van der Waals surface area contributed by atoms with Gasteiger partial charge in [0.2, 0.25) is 0 Å². The minimum absolute atomic E-state index is 0.343. The average molecular weight is 407 g/mol. The van der Waals surface area contributed by atoms with Crippen molar-refractivity contribution in [1.82, 2.24) is 14.5 Å². The van der Waals surface area contributed by atoms with Gasteiger partial charge in [0, 0.05) is 24.5 Å². The quantitative estimate of drug-likeness (QED) is 0.566. The van der Waals surface area contributed by atoms with Crippen molar-refractivity contribution in [2.45, 2.75) is 19.5 Å². The molecule has 1 N–H and O–H groups in total. The summed E-state index contributed by atoms with van der Waals surface area (Å²) in [6, 6.07) is 15.7. The van der Waals surface area contributed by atoms with Crippen LogP contribution in [0.5, 0.6) is 0 Å². The molecule has 0 radical (unpaired) electrons. The molecule has 0 saturated carbocycles. The van der Waals surface area contributed by atoms with Gasteiger partial charge in [0.05, 0.1) is 11.1 Å². The number of hydrogen-bond donors (Lipinski definition) is 1. The summed E-state index contributed by atoms with van der Waals surface area (Å²) in [6.45, 7) is 2.45. The van der Waals surface area contributed by atoms with Gasteiger partial charge in [-0.15, -0.1) is 11.3 Å². The number of nitrogens with one attached hydrogen (secondary N) is 1. The van der Waals surface area contributed by atoms with Crippen LogP contribution in [0.2, 0.25) is 0 Å². The van der Waals surface area contributed by atoms with E-state index in [1.807, 2.05) is 18.2 Å². The van der Waals surface area contributed by atoms with E-state index in [1.165, 1.54) is 41.2 Å². The summed E-state index contributed by atoms with van der Waals surface area (Å²) in [4.78, 5) is 32.7. The number of halogens is 1. The number of hydrogen-bond acceptors (Lipinski definition) is 4. The third-order valence-corrected chi connectivity index (χ3v) is 6.44. The standard InChI is InChI=1S/C22H18FN3O2S/c23-15-6-8-16(9-7-15)26-21(27)19-17-10-11-25(12-14-4-2-1-3-5-14)13-18(17)29-20(19)24-22(26)28/h1-9H,10-13H2,(H,24,28). The number of aromatic nitrogens is 2. The SMILES string of the molecule is O=c1[nH]c2sc3c(c2c(=O)n1-c1ccc(F)cc1)CCN(Cc1ccccc1)C3. The van der Waals surface area contributed by atoms with E-state index >= 15 is 0 Å². The summed E-state index contributed by atoms with van der Waals surface area (Å²) in [5, 5.41) is 0.577. The number of H-pyrrole nitrogens is 1. The zero-order chi connectivity index (χ0) is 20.0. The monoisotopic (exact) mass is 407 g/mol. The maximum absolute atomic E-state index is 13.2. The second-order valence-corrected chi connectivity index (χ2v) is 8.31. The number of nitrogens with zero attached hydrogens (tertiary/aromatic N) is 2. The zero-order valence-electron chi connectivity index (χ0n) is 15.5. The van der Waals surface area contributed by atoms with E-state index in [0.717, 1.165) is 41.1 Å². The highest BCUT2D eigenvalue weighted by Crippen LogP contribution is 2.32. The maximum Gasteiger partial charge on any atom is 0.334 e. The second-order valence-electron chi connectivity index (χ2n) is 7.20. The van der Waals surface area contributed by atoms with Gasteiger partial charge >= 0.3 is 5.69 Å². The van der Waals surface area contributed by atoms with Gasteiger partial charge in [-0.3, -0.25) is 14.7 Å². The van der Waals surface area contributed by atoms with Crippen LogP contribution in [0.25, 0.3) is 15.9 Å². The van der Waals surface area contributed by atoms with Gasteiger partial charge in [0.1, 0.15) is 10.6 Å². The molecule has 0 bridgehead atoms. The van der Waals surface area contributed by atoms with Gasteiger partial charge in [-0.25, -0.2) is 13.8 Å². The molecule has 0 spiro atoms. The van der Waals surface area contributed by atoms with Crippen LogP contribution in [0.1, 0.15) is 16.0 Å². The fraction of sp³-hybridized carbons (Fsp3) is 0.182. The lowest BCUT2D eigenvalue weighted by Gasteiger charge is -2.26. The lowest BCUT2D eigenvalue weighted by atomic mass is 10.0. The Morgan fingerprint density at radius 3 is 2.55 bits per heavy atom. The van der Waals surface area contributed by atoms with Crippen molar-refractivity contribution in [3.63, 3.8) is 0 Å². The van der Waals surface area contributed by atoms with Crippen LogP contribution in [-0.4, -0.2) is 21.0 Å². The highest BCUT2D eigenvalue weighted by atomic mass is 32.1. The molecule has 5 rings (SSSR count). The van der Waals surface area contributed by atoms with E-state index in [2.05, 4.69) is 22.0 Å². The summed E-state index contributed by atoms with van der Waals surface area (Å²) in [7, 11) is 0. The summed E-state index contributed by atoms with van der Waals surface area (Å²) in [6.07, 6.45) is 0.757. The molecule has 5 nitrogen and oxygen atoms in total. The molecule has 2 aromatic heterocycles. The molecule has 1 aliphatic rings. The van der Waals surface area contributed by atoms with Gasteiger partial charge in [-0.2, -0.15) is 0 Å². The van der Waals surface area contributed by atoms with Gasteiger partial charge in [-0.1, -0.05) is 30.3 Å². The number of benzene rings is 2. The van der Waals surface area contributed by atoms with Crippen molar-refractivity contribution in [2.75, 3.05) is 6.54 Å². The highest BCUT2D eigenvalue weighted by molar-refractivity contribution is 7.18. The molecule has 146 valence electrons. The molecular formula is C22H18FN3O2S. The molecule has 0 saturated heterocycles. The van der Waals surface area contributed by atoms with E-state index in [-0.39, 0.29) is 5.56 Å². The first-order valence-electron chi connectivity index (χ1n) is 9.42. The molecule has 0 atom stereocenters. The first-order valence-corrected chi connectivity index (χ1v) is 10.2. The Kier molecular flexibility index (Phi) is 4.41. The van der Waals surface area contributed by atoms with E-state index in [1.54, 1.807) is 0 Å². The molecule has 1 aliphatic heterocycles. The van der Waals surface area contributed by atoms with Gasteiger partial charge in [0.15, 0.2) is 0 Å². The molecule has 0 amide bonds. The number of aromatic amines is 1. The number of rotatable bonds is 3. The Hall–Kier alpha value is -3.03. The van der Waals surface area contributed by atoms with Crippen LogP contribution in [-0.2, 0) is 19.5 Å². The molecule has 7 heteroatoms. The molecule has 29 heavy (non-hydrogen) atoms. The first-order chi connectivity index (χ1) is 14.1. The Morgan fingerprint density at radius 2 is 1.79 bits per heavy atom. The van der Waals surface area contributed by atoms with Crippen LogP contribution >= 0.6 is 11.3 Å². The predicted octanol–water partition coefficient (Wildman–Crippen LogP) is 3.44. The summed E-state index contributed by atoms with van der Waals surface area (Å²) >= 11 is 1.48. The lowest BCUT2D eigenvalue weighted by Crippen LogP contribution is -2.34. The van der Waals surface area contributed by atoms with Crippen LogP contribution in [0, 0.1) is 5.82 Å². The number of fused-ring (bicyclic) bond motifs is 3. The van der Waals surface area contributed by atoms with E-state index in [9.17, 15) is 14.0 Å². The third kappa shape index (κ3) is 3.22. The normalized spacial score (nSPS) is 14.2. The average Bonchev–Trinajstić information content (AvgIpc) is 3.07. The fourth-order valence-corrected chi connectivity index (χ4v) is 5.20. The van der Waals surface area contributed by atoms with Crippen molar-refractivity contribution in [3.8, 4) is 5.69 Å². The molecule has 0 fully saturated rings. The predicted molar refractivity (Wildman–Crippen MR) is 112 cm³/mol. The first kappa shape index (κ1) is 18.0. The number of thiophene rings is 1. The van der Waals surface area contributed by atoms with Gasteiger partial charge in [-0.05, 0) is 41.8 Å². The highest BCUT2D eigenvalue weighted by Gasteiger charge is 2.24. The fourth-order valence-electron chi connectivity index (χ4n) is 3.93. The van der Waals surface area contributed by atoms with Crippen molar-refractivity contribution in [1.29, 1.82) is 0 Å². The smallest absolute Gasteiger partial charge is 0.298 e. The topological polar surface area (TPSA) is 58.1 Å². The van der Waals surface area contributed by atoms with Crippen molar-refractivity contribution < 1.29 is 4.39 Å². The molecule has 3 heterocycles. The largest absolute Gasteiger partial charge is 0.334 e. The third-order valence-electron chi connectivity index (χ3n) is 5.31. The van der Waals surface area contributed by atoms with Crippen LogP contribution in [0.15, 0.2) is 64.2 Å². The van der Waals surface area contributed by atoms with Crippen LogP contribution < -0.4 is 11.2 Å². The molecule has 0 unspecified atom stereocenters. The van der Waals surface area contributed by atoms with Gasteiger partial charge in [0.25, 0.3) is 5.56 Å². The van der Waals surface area contributed by atoms with E-state index in [4.69, 9.17) is 0 Å². The summed E-state index contributed by atoms with van der Waals surface area (Å²) < 4.78 is 14.3. The lowest BCUT2D eigenvalue weighted by molar-refractivity contribution is 0.249. The summed E-state index contributed by atoms with van der Waals surface area (Å²) in [5.41, 5.74) is 1.79. The molecule has 2 aromatic carbocycles. The summed E-state index contributed by atoms with van der Waals surface area (Å²) in [5.74, 6) is -0.411. The second kappa shape index (κ2) is 7.09. The van der Waals surface area contributed by atoms with Crippen molar-refractivity contribution >= 4 is 21.6 Å². The Bertz CT molecular complexity index is 1310. The Labute approximate surface area is 169 Å².